The molecule has 0 aliphatic heterocycles. The molecule has 12 heteroatoms. The minimum Gasteiger partial charge on any atom is -0.839 e. The molecular formula is C20H56ClLiO4Si6. The SMILES string of the molecule is CCCC[Si](C)(C)O[Si](C)(C)O[SiH](C)C.CCCC[Si](C)(C)O[Si](C)(C)[O-].C[SiH](C)Cl.[Li+]. The van der Waals surface area contributed by atoms with Crippen molar-refractivity contribution in [1.29, 1.82) is 0 Å². The summed E-state index contributed by atoms with van der Waals surface area (Å²) in [6.45, 7) is 29.8. The summed E-state index contributed by atoms with van der Waals surface area (Å²) in [6, 6.07) is 2.39. The predicted molar refractivity (Wildman–Crippen MR) is 156 cm³/mol. The van der Waals surface area contributed by atoms with E-state index in [0.29, 0.717) is 0 Å². The van der Waals surface area contributed by atoms with Gasteiger partial charge in [-0.2, -0.15) is 11.1 Å². The standard InChI is InChI=1S/C10H28O2Si3.C8H21O2Si2.C2H7ClSi.Li/c1-8-9-10-14(4,5)12-15(6,7)11-13(2)3;1-6-7-8-11(2,3)10-12(4,5)9;1-4(2)3;/h13H,8-10H2,1-7H3;6-8H2,1-5H3;4H,1-2H3;/q;-1;;+1. The van der Waals surface area contributed by atoms with E-state index in [2.05, 4.69) is 79.3 Å². The maximum Gasteiger partial charge on any atom is 1.00 e. The number of hydrogen-bond acceptors (Lipinski definition) is 4. The molecule has 0 amide bonds. The number of halogens is 1. The second-order valence-electron chi connectivity index (χ2n) is 10.9. The third kappa shape index (κ3) is 36.6. The molecule has 0 atom stereocenters. The second-order valence-corrected chi connectivity index (χ2v) is 33.9. The van der Waals surface area contributed by atoms with Gasteiger partial charge in [0.2, 0.25) is 0 Å². The molecule has 0 aromatic heterocycles. The van der Waals surface area contributed by atoms with E-state index < -0.39 is 50.9 Å². The van der Waals surface area contributed by atoms with Crippen molar-refractivity contribution in [3.05, 3.63) is 0 Å². The molecular weight excluding hydrogens is 515 g/mol. The number of unbranched alkanes of at least 4 members (excludes halogenated alkanes) is 2. The summed E-state index contributed by atoms with van der Waals surface area (Å²) in [5, 5.41) is 0. The predicted octanol–water partition coefficient (Wildman–Crippen LogP) is 3.99. The first-order valence-electron chi connectivity index (χ1n) is 12.1. The van der Waals surface area contributed by atoms with Gasteiger partial charge in [-0.15, -0.1) is 0 Å². The van der Waals surface area contributed by atoms with E-state index in [1.54, 1.807) is 13.1 Å². The molecule has 32 heavy (non-hydrogen) atoms. The van der Waals surface area contributed by atoms with Crippen molar-refractivity contribution in [2.75, 3.05) is 0 Å². The van der Waals surface area contributed by atoms with Crippen LogP contribution >= 0.6 is 11.1 Å². The molecule has 0 aromatic carbocycles. The van der Waals surface area contributed by atoms with Gasteiger partial charge in [-0.25, -0.2) is 0 Å². The van der Waals surface area contributed by atoms with Gasteiger partial charge in [0.05, 0.1) is 8.56 Å². The summed E-state index contributed by atoms with van der Waals surface area (Å²) in [5.41, 5.74) is 0. The molecule has 0 rings (SSSR count). The first-order valence-corrected chi connectivity index (χ1v) is 30.8. The molecule has 0 unspecified atom stereocenters. The van der Waals surface area contributed by atoms with Gasteiger partial charge in [0, 0.05) is 0 Å². The van der Waals surface area contributed by atoms with Crippen LogP contribution in [0.3, 0.4) is 0 Å². The van der Waals surface area contributed by atoms with Crippen LogP contribution in [0.15, 0.2) is 0 Å². The molecule has 0 aliphatic carbocycles. The Bertz CT molecular complexity index is 434. The van der Waals surface area contributed by atoms with Crippen molar-refractivity contribution in [2.45, 2.75) is 130 Å². The average Bonchev–Trinajstić information content (AvgIpc) is 2.46. The van der Waals surface area contributed by atoms with Crippen molar-refractivity contribution in [2.24, 2.45) is 0 Å². The molecule has 192 valence electrons. The van der Waals surface area contributed by atoms with Crippen molar-refractivity contribution >= 4 is 62.0 Å². The fourth-order valence-corrected chi connectivity index (χ4v) is 22.3. The molecule has 4 nitrogen and oxygen atoms in total. The fraction of sp³-hybridized carbons (Fsp3) is 1.00. The van der Waals surface area contributed by atoms with E-state index in [9.17, 15) is 4.80 Å². The van der Waals surface area contributed by atoms with E-state index in [1.165, 1.54) is 31.7 Å². The fourth-order valence-electron chi connectivity index (χ4n) is 3.23. The van der Waals surface area contributed by atoms with Gasteiger partial charge in [0.25, 0.3) is 0 Å². The Kier molecular flexibility index (Phi) is 25.9. The zero-order valence-electron chi connectivity index (χ0n) is 24.4. The first kappa shape index (κ1) is 41.2. The minimum atomic E-state index is -2.53. The Morgan fingerprint density at radius 3 is 1.28 bits per heavy atom. The van der Waals surface area contributed by atoms with Gasteiger partial charge in [-0.1, -0.05) is 65.7 Å². The van der Waals surface area contributed by atoms with Crippen LogP contribution in [-0.4, -0.2) is 50.9 Å². The Morgan fingerprint density at radius 2 is 1.03 bits per heavy atom. The molecule has 0 aliphatic rings. The Balaban J connectivity index is -0.000000207. The molecule has 0 heterocycles. The van der Waals surface area contributed by atoms with E-state index in [1.807, 2.05) is 0 Å². The third-order valence-corrected chi connectivity index (χ3v) is 19.5. The molecule has 0 bridgehead atoms. The molecule has 0 saturated heterocycles. The van der Waals surface area contributed by atoms with Gasteiger partial charge >= 0.3 is 27.4 Å². The topological polar surface area (TPSA) is 50.8 Å². The molecule has 0 spiro atoms. The van der Waals surface area contributed by atoms with Gasteiger partial charge in [-0.3, -0.25) is 0 Å². The van der Waals surface area contributed by atoms with Crippen LogP contribution in [0.4, 0.5) is 0 Å². The van der Waals surface area contributed by atoms with Crippen LogP contribution in [0.5, 0.6) is 0 Å². The smallest absolute Gasteiger partial charge is 0.839 e. The molecule has 0 N–H and O–H groups in total. The van der Waals surface area contributed by atoms with Gasteiger partial charge in [0.1, 0.15) is 8.11 Å². The van der Waals surface area contributed by atoms with Crippen molar-refractivity contribution in [3.63, 3.8) is 0 Å². The zero-order valence-corrected chi connectivity index (χ0v) is 31.5. The molecule has 0 saturated carbocycles. The maximum atomic E-state index is 11.4. The van der Waals surface area contributed by atoms with E-state index >= 15 is 0 Å². The second kappa shape index (κ2) is 20.1. The van der Waals surface area contributed by atoms with Crippen molar-refractivity contribution in [1.82, 2.24) is 0 Å². The minimum absolute atomic E-state index is 0. The van der Waals surface area contributed by atoms with E-state index in [4.69, 9.17) is 23.4 Å². The molecule has 0 aromatic rings. The quantitative estimate of drug-likeness (QED) is 0.263. The average molecular weight is 572 g/mol. The van der Waals surface area contributed by atoms with E-state index in [0.717, 1.165) is 6.04 Å². The Labute approximate surface area is 226 Å². The summed E-state index contributed by atoms with van der Waals surface area (Å²) in [7, 11) is -9.06. The van der Waals surface area contributed by atoms with Crippen LogP contribution in [0.1, 0.15) is 39.5 Å². The van der Waals surface area contributed by atoms with Crippen LogP contribution in [-0.2, 0) is 12.3 Å². The van der Waals surface area contributed by atoms with Gasteiger partial charge in [-0.05, 0) is 64.5 Å². The normalized spacial score (nSPS) is 12.6. The van der Waals surface area contributed by atoms with Crippen LogP contribution < -0.4 is 23.7 Å². The van der Waals surface area contributed by atoms with Crippen LogP contribution in [0, 0.1) is 0 Å². The largest absolute Gasteiger partial charge is 1.00 e. The summed E-state index contributed by atoms with van der Waals surface area (Å²) in [5.74, 6) is 0. The first-order chi connectivity index (χ1) is 13.7. The number of rotatable bonds is 12. The van der Waals surface area contributed by atoms with Gasteiger partial charge < -0.3 is 17.1 Å². The summed E-state index contributed by atoms with van der Waals surface area (Å²) in [6.07, 6.45) is 4.95. The third-order valence-electron chi connectivity index (χ3n) is 3.83. The van der Waals surface area contributed by atoms with Crippen LogP contribution in [0.2, 0.25) is 90.7 Å². The zero-order chi connectivity index (χ0) is 25.5. The summed E-state index contributed by atoms with van der Waals surface area (Å²) < 4.78 is 18.0. The summed E-state index contributed by atoms with van der Waals surface area (Å²) >= 11 is 5.41. The molecule has 0 fully saturated rings. The summed E-state index contributed by atoms with van der Waals surface area (Å²) in [4.78, 5) is 11.4. The van der Waals surface area contributed by atoms with Gasteiger partial charge in [0.15, 0.2) is 25.7 Å². The van der Waals surface area contributed by atoms with E-state index in [-0.39, 0.29) is 18.9 Å². The number of hydrogen-bond donors (Lipinski definition) is 0. The van der Waals surface area contributed by atoms with Crippen molar-refractivity contribution in [3.8, 4) is 0 Å². The van der Waals surface area contributed by atoms with Crippen molar-refractivity contribution < 1.29 is 36.0 Å². The Morgan fingerprint density at radius 1 is 0.719 bits per heavy atom. The Hall–Kier alpha value is 2.03. The van der Waals surface area contributed by atoms with Crippen LogP contribution in [0.25, 0.3) is 0 Å². The monoisotopic (exact) mass is 570 g/mol. The maximum absolute atomic E-state index is 11.4. The molecule has 0 radical (unpaired) electrons.